The summed E-state index contributed by atoms with van der Waals surface area (Å²) in [6, 6.07) is 8.57. The van der Waals surface area contributed by atoms with E-state index < -0.39 is 0 Å². The smallest absolute Gasteiger partial charge is 0.0741 e. The van der Waals surface area contributed by atoms with Gasteiger partial charge in [-0.3, -0.25) is 0 Å². The molecule has 2 N–H and O–H groups in total. The number of aliphatic hydroxyl groups is 1. The Bertz CT molecular complexity index is 348. The van der Waals surface area contributed by atoms with Crippen molar-refractivity contribution in [1.82, 2.24) is 0 Å². The van der Waals surface area contributed by atoms with E-state index in [1.165, 1.54) is 12.1 Å². The first kappa shape index (κ1) is 12.2. The monoisotopic (exact) mass is 234 g/mol. The Kier molecular flexibility index (Phi) is 3.89. The molecule has 1 aliphatic rings. The van der Waals surface area contributed by atoms with Crippen LogP contribution in [0.1, 0.15) is 25.7 Å². The van der Waals surface area contributed by atoms with Crippen LogP contribution in [0.2, 0.25) is 0 Å². The van der Waals surface area contributed by atoms with E-state index in [1.807, 2.05) is 14.1 Å². The van der Waals surface area contributed by atoms with E-state index in [0.717, 1.165) is 24.9 Å². The maximum atomic E-state index is 9.90. The average Bonchev–Trinajstić information content (AvgIpc) is 2.33. The Balaban J connectivity index is 1.98. The molecule has 2 rings (SSSR count). The summed E-state index contributed by atoms with van der Waals surface area (Å²) in [5.74, 6) is 0. The second kappa shape index (κ2) is 5.41. The van der Waals surface area contributed by atoms with E-state index in [0.29, 0.717) is 0 Å². The maximum Gasteiger partial charge on any atom is 0.0741 e. The van der Waals surface area contributed by atoms with Crippen LogP contribution in [0.15, 0.2) is 24.3 Å². The van der Waals surface area contributed by atoms with Gasteiger partial charge in [0, 0.05) is 25.5 Å². The zero-order valence-corrected chi connectivity index (χ0v) is 10.7. The van der Waals surface area contributed by atoms with E-state index in [9.17, 15) is 5.11 Å². The van der Waals surface area contributed by atoms with Crippen LogP contribution in [0.5, 0.6) is 0 Å². The van der Waals surface area contributed by atoms with Crippen molar-refractivity contribution >= 4 is 11.4 Å². The van der Waals surface area contributed by atoms with Gasteiger partial charge in [-0.2, -0.15) is 0 Å². The second-order valence-corrected chi connectivity index (χ2v) is 5.04. The molecule has 1 aromatic carbocycles. The molecule has 0 spiro atoms. The molecule has 0 saturated heterocycles. The molecule has 2 atom stereocenters. The van der Waals surface area contributed by atoms with Crippen LogP contribution in [0.3, 0.4) is 0 Å². The van der Waals surface area contributed by atoms with Crippen molar-refractivity contribution in [3.05, 3.63) is 24.3 Å². The number of aliphatic hydroxyl groups excluding tert-OH is 1. The van der Waals surface area contributed by atoms with Gasteiger partial charge in [-0.15, -0.1) is 0 Å². The van der Waals surface area contributed by atoms with Gasteiger partial charge in [0.05, 0.1) is 12.1 Å². The topological polar surface area (TPSA) is 35.5 Å². The number of hydrogen-bond donors (Lipinski definition) is 2. The van der Waals surface area contributed by atoms with Crippen molar-refractivity contribution in [2.45, 2.75) is 37.8 Å². The SMILES string of the molecule is CN(C)c1ccc(N[C@@H]2CCCC[C@H]2O)cc1. The summed E-state index contributed by atoms with van der Waals surface area (Å²) < 4.78 is 0. The summed E-state index contributed by atoms with van der Waals surface area (Å²) in [5.41, 5.74) is 2.29. The summed E-state index contributed by atoms with van der Waals surface area (Å²) in [5, 5.41) is 13.3. The fourth-order valence-corrected chi connectivity index (χ4v) is 2.35. The van der Waals surface area contributed by atoms with Crippen LogP contribution in [0.25, 0.3) is 0 Å². The first-order valence-electron chi connectivity index (χ1n) is 6.39. The molecule has 0 aliphatic heterocycles. The highest BCUT2D eigenvalue weighted by molar-refractivity contribution is 5.54. The first-order chi connectivity index (χ1) is 8.16. The van der Waals surface area contributed by atoms with E-state index in [1.54, 1.807) is 0 Å². The van der Waals surface area contributed by atoms with Crippen molar-refractivity contribution in [1.29, 1.82) is 0 Å². The van der Waals surface area contributed by atoms with Gasteiger partial charge in [-0.25, -0.2) is 0 Å². The van der Waals surface area contributed by atoms with E-state index in [4.69, 9.17) is 0 Å². The summed E-state index contributed by atoms with van der Waals surface area (Å²) in [6.07, 6.45) is 4.16. The molecule has 0 radical (unpaired) electrons. The summed E-state index contributed by atoms with van der Waals surface area (Å²) in [7, 11) is 4.07. The number of rotatable bonds is 3. The largest absolute Gasteiger partial charge is 0.391 e. The van der Waals surface area contributed by atoms with Gasteiger partial charge in [0.15, 0.2) is 0 Å². The van der Waals surface area contributed by atoms with Gasteiger partial charge in [-0.05, 0) is 37.1 Å². The highest BCUT2D eigenvalue weighted by Gasteiger charge is 2.22. The molecule has 0 amide bonds. The lowest BCUT2D eigenvalue weighted by molar-refractivity contribution is 0.116. The molecule has 1 fully saturated rings. The van der Waals surface area contributed by atoms with Crippen molar-refractivity contribution in [2.75, 3.05) is 24.3 Å². The van der Waals surface area contributed by atoms with E-state index >= 15 is 0 Å². The summed E-state index contributed by atoms with van der Waals surface area (Å²) >= 11 is 0. The molecule has 1 aliphatic carbocycles. The van der Waals surface area contributed by atoms with Crippen molar-refractivity contribution < 1.29 is 5.11 Å². The van der Waals surface area contributed by atoms with Gasteiger partial charge < -0.3 is 15.3 Å². The zero-order chi connectivity index (χ0) is 12.3. The number of nitrogens with one attached hydrogen (secondary N) is 1. The van der Waals surface area contributed by atoms with Gasteiger partial charge in [-0.1, -0.05) is 12.8 Å². The number of anilines is 2. The molecular weight excluding hydrogens is 212 g/mol. The minimum Gasteiger partial charge on any atom is -0.391 e. The van der Waals surface area contributed by atoms with Crippen LogP contribution in [0.4, 0.5) is 11.4 Å². The van der Waals surface area contributed by atoms with E-state index in [2.05, 4.69) is 34.5 Å². The van der Waals surface area contributed by atoms with Crippen molar-refractivity contribution in [3.8, 4) is 0 Å². The van der Waals surface area contributed by atoms with Crippen LogP contribution >= 0.6 is 0 Å². The minimum absolute atomic E-state index is 0.197. The lowest BCUT2D eigenvalue weighted by Crippen LogP contribution is -2.36. The molecule has 0 heterocycles. The van der Waals surface area contributed by atoms with Gasteiger partial charge >= 0.3 is 0 Å². The Morgan fingerprint density at radius 1 is 1.12 bits per heavy atom. The zero-order valence-electron chi connectivity index (χ0n) is 10.7. The highest BCUT2D eigenvalue weighted by Crippen LogP contribution is 2.23. The molecular formula is C14H22N2O. The molecule has 0 aromatic heterocycles. The Morgan fingerprint density at radius 3 is 2.35 bits per heavy atom. The summed E-state index contributed by atoms with van der Waals surface area (Å²) in [4.78, 5) is 2.08. The summed E-state index contributed by atoms with van der Waals surface area (Å²) in [6.45, 7) is 0. The third kappa shape index (κ3) is 3.13. The van der Waals surface area contributed by atoms with Crippen molar-refractivity contribution in [2.24, 2.45) is 0 Å². The molecule has 0 unspecified atom stereocenters. The number of benzene rings is 1. The predicted octanol–water partition coefficient (Wildman–Crippen LogP) is 2.47. The predicted molar refractivity (Wildman–Crippen MR) is 72.7 cm³/mol. The first-order valence-corrected chi connectivity index (χ1v) is 6.39. The third-order valence-corrected chi connectivity index (χ3v) is 3.47. The van der Waals surface area contributed by atoms with Crippen LogP contribution in [-0.2, 0) is 0 Å². The normalized spacial score (nSPS) is 24.4. The fraction of sp³-hybridized carbons (Fsp3) is 0.571. The minimum atomic E-state index is -0.197. The average molecular weight is 234 g/mol. The quantitative estimate of drug-likeness (QED) is 0.843. The molecule has 3 nitrogen and oxygen atoms in total. The molecule has 0 bridgehead atoms. The second-order valence-electron chi connectivity index (χ2n) is 5.04. The molecule has 1 aromatic rings. The van der Waals surface area contributed by atoms with Gasteiger partial charge in [0.2, 0.25) is 0 Å². The van der Waals surface area contributed by atoms with Crippen LogP contribution < -0.4 is 10.2 Å². The van der Waals surface area contributed by atoms with Crippen LogP contribution in [-0.4, -0.2) is 31.3 Å². The molecule has 17 heavy (non-hydrogen) atoms. The molecule has 1 saturated carbocycles. The standard InChI is InChI=1S/C14H22N2O/c1-16(2)12-9-7-11(8-10-12)15-13-5-3-4-6-14(13)17/h7-10,13-15,17H,3-6H2,1-2H3/t13-,14-/m1/s1. The number of nitrogens with zero attached hydrogens (tertiary/aromatic N) is 1. The number of hydrogen-bond acceptors (Lipinski definition) is 3. The lowest BCUT2D eigenvalue weighted by Gasteiger charge is -2.29. The maximum absolute atomic E-state index is 9.90. The van der Waals surface area contributed by atoms with Gasteiger partial charge in [0.25, 0.3) is 0 Å². The molecule has 3 heteroatoms. The highest BCUT2D eigenvalue weighted by atomic mass is 16.3. The van der Waals surface area contributed by atoms with Gasteiger partial charge in [0.1, 0.15) is 0 Å². The van der Waals surface area contributed by atoms with Crippen LogP contribution in [0, 0.1) is 0 Å². The Labute approximate surface area is 103 Å². The Morgan fingerprint density at radius 2 is 1.76 bits per heavy atom. The van der Waals surface area contributed by atoms with Crippen molar-refractivity contribution in [3.63, 3.8) is 0 Å². The molecule has 94 valence electrons. The third-order valence-electron chi connectivity index (χ3n) is 3.47. The lowest BCUT2D eigenvalue weighted by atomic mass is 9.92. The Hall–Kier alpha value is -1.22. The van der Waals surface area contributed by atoms with E-state index in [-0.39, 0.29) is 12.1 Å². The fourth-order valence-electron chi connectivity index (χ4n) is 2.35.